The first-order valence-electron chi connectivity index (χ1n) is 11.0. The fourth-order valence-corrected chi connectivity index (χ4v) is 5.11. The Morgan fingerprint density at radius 2 is 1.79 bits per heavy atom. The highest BCUT2D eigenvalue weighted by atomic mass is 32.2. The highest BCUT2D eigenvalue weighted by Gasteiger charge is 2.35. The molecule has 3 rings (SSSR count). The number of sulfonamides is 1. The van der Waals surface area contributed by atoms with Gasteiger partial charge in [0, 0.05) is 19.0 Å². The molecule has 10 nitrogen and oxygen atoms in total. The Bertz CT molecular complexity index is 1100. The molecule has 1 aliphatic heterocycles. The van der Waals surface area contributed by atoms with E-state index < -0.39 is 33.9 Å². The Labute approximate surface area is 198 Å². The molecular weight excluding hydrogens is 464 g/mol. The van der Waals surface area contributed by atoms with Crippen LogP contribution in [-0.4, -0.2) is 57.4 Å². The van der Waals surface area contributed by atoms with Gasteiger partial charge in [0.25, 0.3) is 10.0 Å². The standard InChI is InChI=1S/C23H28N2O8S/c1-3-32-23(28)19-9-10-21(33-19)34(29,30)25-13-11-17(12-14-25)22(27)24-18(15-20(26)31-2)16-7-5-4-6-8-16/h4-10,17-18H,3,11-15H2,1-2H3,(H,24,27). The molecule has 1 amide bonds. The molecule has 1 N–H and O–H groups in total. The van der Waals surface area contributed by atoms with Crippen molar-refractivity contribution in [3.05, 3.63) is 53.8 Å². The van der Waals surface area contributed by atoms with Crippen LogP contribution in [0.15, 0.2) is 52.0 Å². The Balaban J connectivity index is 1.62. The summed E-state index contributed by atoms with van der Waals surface area (Å²) in [6.45, 7) is 2.00. The van der Waals surface area contributed by atoms with E-state index in [-0.39, 0.29) is 42.9 Å². The van der Waals surface area contributed by atoms with E-state index in [9.17, 15) is 22.8 Å². The first-order valence-corrected chi connectivity index (χ1v) is 12.4. The molecule has 1 aromatic heterocycles. The second-order valence-electron chi connectivity index (χ2n) is 7.77. The third kappa shape index (κ3) is 6.03. The molecule has 2 heterocycles. The summed E-state index contributed by atoms with van der Waals surface area (Å²) in [7, 11) is -2.67. The SMILES string of the molecule is CCOC(=O)c1ccc(S(=O)(=O)N2CCC(C(=O)NC(CC(=O)OC)c3ccccc3)CC2)o1. The smallest absolute Gasteiger partial charge is 0.374 e. The first-order chi connectivity index (χ1) is 16.3. The van der Waals surface area contributed by atoms with Crippen LogP contribution in [0.25, 0.3) is 0 Å². The van der Waals surface area contributed by atoms with Crippen molar-refractivity contribution in [2.75, 3.05) is 26.8 Å². The zero-order valence-electron chi connectivity index (χ0n) is 19.1. The topological polar surface area (TPSA) is 132 Å². The monoisotopic (exact) mass is 492 g/mol. The maximum Gasteiger partial charge on any atom is 0.374 e. The number of amides is 1. The summed E-state index contributed by atoms with van der Waals surface area (Å²) in [6, 6.07) is 11.0. The van der Waals surface area contributed by atoms with Crippen molar-refractivity contribution in [2.45, 2.75) is 37.3 Å². The van der Waals surface area contributed by atoms with Crippen LogP contribution in [0.1, 0.15) is 48.3 Å². The van der Waals surface area contributed by atoms with Crippen molar-refractivity contribution < 1.29 is 36.7 Å². The van der Waals surface area contributed by atoms with Gasteiger partial charge < -0.3 is 19.2 Å². The van der Waals surface area contributed by atoms with Crippen LogP contribution >= 0.6 is 0 Å². The summed E-state index contributed by atoms with van der Waals surface area (Å²) in [6.07, 6.45) is 0.591. The zero-order valence-corrected chi connectivity index (χ0v) is 19.9. The lowest BCUT2D eigenvalue weighted by molar-refractivity contribution is -0.141. The molecule has 0 saturated carbocycles. The van der Waals surface area contributed by atoms with Crippen molar-refractivity contribution in [1.82, 2.24) is 9.62 Å². The van der Waals surface area contributed by atoms with Crippen LogP contribution in [0.4, 0.5) is 0 Å². The van der Waals surface area contributed by atoms with Crippen molar-refractivity contribution >= 4 is 27.9 Å². The average Bonchev–Trinajstić information content (AvgIpc) is 3.36. The molecular formula is C23H28N2O8S. The summed E-state index contributed by atoms with van der Waals surface area (Å²) in [4.78, 5) is 36.5. The molecule has 34 heavy (non-hydrogen) atoms. The molecule has 1 unspecified atom stereocenters. The van der Waals surface area contributed by atoms with E-state index in [0.29, 0.717) is 12.8 Å². The molecule has 2 aromatic rings. The van der Waals surface area contributed by atoms with Gasteiger partial charge in [-0.15, -0.1) is 0 Å². The van der Waals surface area contributed by atoms with Crippen LogP contribution in [0.5, 0.6) is 0 Å². The Hall–Kier alpha value is -3.18. The second-order valence-corrected chi connectivity index (χ2v) is 9.64. The van der Waals surface area contributed by atoms with Crippen molar-refractivity contribution in [1.29, 1.82) is 0 Å². The highest BCUT2D eigenvalue weighted by Crippen LogP contribution is 2.27. The number of furan rings is 1. The number of hydrogen-bond acceptors (Lipinski definition) is 8. The summed E-state index contributed by atoms with van der Waals surface area (Å²) in [5.41, 5.74) is 0.775. The third-order valence-corrected chi connectivity index (χ3v) is 7.37. The van der Waals surface area contributed by atoms with Gasteiger partial charge in [-0.1, -0.05) is 30.3 Å². The van der Waals surface area contributed by atoms with Gasteiger partial charge in [0.05, 0.1) is 26.2 Å². The van der Waals surface area contributed by atoms with Gasteiger partial charge in [-0.3, -0.25) is 9.59 Å². The summed E-state index contributed by atoms with van der Waals surface area (Å²) < 4.78 is 41.8. The molecule has 1 aromatic carbocycles. The van der Waals surface area contributed by atoms with Crippen molar-refractivity contribution in [3.8, 4) is 0 Å². The number of esters is 2. The van der Waals surface area contributed by atoms with Gasteiger partial charge in [-0.05, 0) is 37.5 Å². The fraction of sp³-hybridized carbons (Fsp3) is 0.435. The van der Waals surface area contributed by atoms with Gasteiger partial charge in [-0.2, -0.15) is 4.31 Å². The minimum Gasteiger partial charge on any atom is -0.469 e. The summed E-state index contributed by atoms with van der Waals surface area (Å²) in [5.74, 6) is -2.04. The van der Waals surface area contributed by atoms with Gasteiger partial charge >= 0.3 is 11.9 Å². The summed E-state index contributed by atoms with van der Waals surface area (Å²) in [5, 5.41) is 2.56. The fourth-order valence-electron chi connectivity index (χ4n) is 3.73. The molecule has 1 aliphatic rings. The van der Waals surface area contributed by atoms with Gasteiger partial charge in [-0.25, -0.2) is 13.2 Å². The number of nitrogens with one attached hydrogen (secondary N) is 1. The Morgan fingerprint density at radius 3 is 2.41 bits per heavy atom. The number of benzene rings is 1. The van der Waals surface area contributed by atoms with E-state index in [4.69, 9.17) is 13.9 Å². The van der Waals surface area contributed by atoms with Crippen LogP contribution in [-0.2, 0) is 29.1 Å². The molecule has 1 fully saturated rings. The molecule has 0 aliphatic carbocycles. The largest absolute Gasteiger partial charge is 0.469 e. The second kappa shape index (κ2) is 11.3. The predicted molar refractivity (Wildman–Crippen MR) is 120 cm³/mol. The van der Waals surface area contributed by atoms with E-state index in [2.05, 4.69) is 5.32 Å². The van der Waals surface area contributed by atoms with E-state index in [1.54, 1.807) is 6.92 Å². The maximum atomic E-state index is 12.9. The number of carbonyl (C=O) groups excluding carboxylic acids is 3. The van der Waals surface area contributed by atoms with Crippen LogP contribution < -0.4 is 5.32 Å². The average molecular weight is 493 g/mol. The van der Waals surface area contributed by atoms with E-state index in [0.717, 1.165) is 5.56 Å². The molecule has 184 valence electrons. The Kier molecular flexibility index (Phi) is 8.46. The number of nitrogens with zero attached hydrogens (tertiary/aromatic N) is 1. The maximum absolute atomic E-state index is 12.9. The van der Waals surface area contributed by atoms with Crippen molar-refractivity contribution in [3.63, 3.8) is 0 Å². The Morgan fingerprint density at radius 1 is 1.12 bits per heavy atom. The van der Waals surface area contributed by atoms with Crippen LogP contribution in [0.2, 0.25) is 0 Å². The van der Waals surface area contributed by atoms with Crippen LogP contribution in [0, 0.1) is 5.92 Å². The predicted octanol–water partition coefficient (Wildman–Crippen LogP) is 2.28. The molecule has 0 radical (unpaired) electrons. The number of ether oxygens (including phenoxy) is 2. The number of rotatable bonds is 9. The van der Waals surface area contributed by atoms with Gasteiger partial charge in [0.15, 0.2) is 0 Å². The lowest BCUT2D eigenvalue weighted by atomic mass is 9.95. The number of methoxy groups -OCH3 is 1. The number of piperidine rings is 1. The molecule has 11 heteroatoms. The van der Waals surface area contributed by atoms with Crippen molar-refractivity contribution in [2.24, 2.45) is 5.92 Å². The first kappa shape index (κ1) is 25.4. The van der Waals surface area contributed by atoms with Gasteiger partial charge in [0.1, 0.15) is 0 Å². The zero-order chi connectivity index (χ0) is 24.7. The number of carbonyl (C=O) groups is 3. The quantitative estimate of drug-likeness (QED) is 0.527. The lowest BCUT2D eigenvalue weighted by Crippen LogP contribution is -2.43. The van der Waals surface area contributed by atoms with E-state index >= 15 is 0 Å². The molecule has 0 spiro atoms. The molecule has 0 bridgehead atoms. The lowest BCUT2D eigenvalue weighted by Gasteiger charge is -2.31. The summed E-state index contributed by atoms with van der Waals surface area (Å²) >= 11 is 0. The number of hydrogen-bond donors (Lipinski definition) is 1. The van der Waals surface area contributed by atoms with Crippen LogP contribution in [0.3, 0.4) is 0 Å². The minimum absolute atomic E-state index is 0.0131. The normalized spacial score (nSPS) is 15.9. The molecule has 1 atom stereocenters. The van der Waals surface area contributed by atoms with E-state index in [1.807, 2.05) is 30.3 Å². The molecule has 1 saturated heterocycles. The highest BCUT2D eigenvalue weighted by molar-refractivity contribution is 7.89. The minimum atomic E-state index is -3.96. The third-order valence-electron chi connectivity index (χ3n) is 5.59. The van der Waals surface area contributed by atoms with E-state index in [1.165, 1.54) is 23.5 Å². The van der Waals surface area contributed by atoms with Gasteiger partial charge in [0.2, 0.25) is 16.8 Å².